The van der Waals surface area contributed by atoms with E-state index in [-0.39, 0.29) is 5.78 Å². The summed E-state index contributed by atoms with van der Waals surface area (Å²) in [5.74, 6) is 1.25. The average molecular weight is 383 g/mol. The van der Waals surface area contributed by atoms with Gasteiger partial charge in [0.05, 0.1) is 0 Å². The Morgan fingerprint density at radius 2 is 2.00 bits per heavy atom. The van der Waals surface area contributed by atoms with Crippen molar-refractivity contribution in [3.63, 3.8) is 0 Å². The number of aryl methyl sites for hydroxylation is 1. The molecule has 0 aliphatic carbocycles. The molecule has 0 N–H and O–H groups in total. The molecular weight excluding hydrogens is 358 g/mol. The molecule has 1 aromatic carbocycles. The molecular formula is C25H25N3O. The predicted molar refractivity (Wildman–Crippen MR) is 117 cm³/mol. The SMILES string of the molecule is C=Cc1cnc(C)c(C(=O)c2cccc(N3CCCC(c4ccccc4)C3)n2)c1. The third kappa shape index (κ3) is 4.11. The minimum absolute atomic E-state index is 0.0998. The fraction of sp³-hybridized carbons (Fsp3) is 0.240. The van der Waals surface area contributed by atoms with Crippen LogP contribution in [-0.2, 0) is 0 Å². The summed E-state index contributed by atoms with van der Waals surface area (Å²) in [6, 6.07) is 18.2. The lowest BCUT2D eigenvalue weighted by Gasteiger charge is -2.34. The van der Waals surface area contributed by atoms with Crippen LogP contribution >= 0.6 is 0 Å². The van der Waals surface area contributed by atoms with Gasteiger partial charge in [0.15, 0.2) is 0 Å². The van der Waals surface area contributed by atoms with Crippen LogP contribution in [0, 0.1) is 6.92 Å². The maximum atomic E-state index is 13.1. The summed E-state index contributed by atoms with van der Waals surface area (Å²) < 4.78 is 0. The monoisotopic (exact) mass is 383 g/mol. The molecule has 4 heteroatoms. The molecule has 1 fully saturated rings. The number of rotatable bonds is 5. The highest BCUT2D eigenvalue weighted by atomic mass is 16.1. The molecule has 3 aromatic rings. The Balaban J connectivity index is 1.59. The first-order valence-electron chi connectivity index (χ1n) is 10.1. The molecule has 1 atom stereocenters. The summed E-state index contributed by atoms with van der Waals surface area (Å²) in [7, 11) is 0. The molecule has 1 aliphatic heterocycles. The Kier molecular flexibility index (Phi) is 5.52. The fourth-order valence-electron chi connectivity index (χ4n) is 3.94. The lowest BCUT2D eigenvalue weighted by atomic mass is 9.90. The predicted octanol–water partition coefficient (Wildman–Crippen LogP) is 5.04. The molecule has 1 aliphatic rings. The van der Waals surface area contributed by atoms with Crippen molar-refractivity contribution in [2.24, 2.45) is 0 Å². The average Bonchev–Trinajstić information content (AvgIpc) is 2.80. The van der Waals surface area contributed by atoms with E-state index in [0.717, 1.165) is 30.9 Å². The van der Waals surface area contributed by atoms with Crippen molar-refractivity contribution in [3.8, 4) is 0 Å². The van der Waals surface area contributed by atoms with E-state index in [4.69, 9.17) is 4.98 Å². The number of benzene rings is 1. The van der Waals surface area contributed by atoms with Gasteiger partial charge in [-0.15, -0.1) is 0 Å². The highest BCUT2D eigenvalue weighted by Gasteiger charge is 2.23. The lowest BCUT2D eigenvalue weighted by Crippen LogP contribution is -2.35. The molecule has 29 heavy (non-hydrogen) atoms. The molecule has 146 valence electrons. The highest BCUT2D eigenvalue weighted by Crippen LogP contribution is 2.29. The van der Waals surface area contributed by atoms with E-state index in [1.165, 1.54) is 12.0 Å². The lowest BCUT2D eigenvalue weighted by molar-refractivity contribution is 0.103. The van der Waals surface area contributed by atoms with Gasteiger partial charge in [-0.25, -0.2) is 4.98 Å². The van der Waals surface area contributed by atoms with Crippen molar-refractivity contribution in [1.29, 1.82) is 0 Å². The van der Waals surface area contributed by atoms with E-state index in [0.29, 0.717) is 22.9 Å². The summed E-state index contributed by atoms with van der Waals surface area (Å²) in [5.41, 5.74) is 3.93. The van der Waals surface area contributed by atoms with Crippen LogP contribution < -0.4 is 4.90 Å². The van der Waals surface area contributed by atoms with Crippen LogP contribution in [0.5, 0.6) is 0 Å². The van der Waals surface area contributed by atoms with Crippen LogP contribution in [0.25, 0.3) is 6.08 Å². The van der Waals surface area contributed by atoms with Gasteiger partial charge in [0.2, 0.25) is 5.78 Å². The first-order valence-corrected chi connectivity index (χ1v) is 10.1. The third-order valence-corrected chi connectivity index (χ3v) is 5.57. The van der Waals surface area contributed by atoms with Gasteiger partial charge in [-0.05, 0) is 49.1 Å². The number of hydrogen-bond donors (Lipinski definition) is 0. The van der Waals surface area contributed by atoms with Crippen LogP contribution in [0.4, 0.5) is 5.82 Å². The van der Waals surface area contributed by atoms with E-state index in [9.17, 15) is 4.79 Å². The minimum Gasteiger partial charge on any atom is -0.356 e. The summed E-state index contributed by atoms with van der Waals surface area (Å²) in [4.78, 5) is 24.4. The van der Waals surface area contributed by atoms with Gasteiger partial charge in [0, 0.05) is 36.5 Å². The van der Waals surface area contributed by atoms with E-state index in [1.54, 1.807) is 18.3 Å². The quantitative estimate of drug-likeness (QED) is 0.579. The second-order valence-corrected chi connectivity index (χ2v) is 7.51. The first kappa shape index (κ1) is 19.1. The number of ketones is 1. The number of carbonyl (C=O) groups excluding carboxylic acids is 1. The fourth-order valence-corrected chi connectivity index (χ4v) is 3.94. The van der Waals surface area contributed by atoms with Gasteiger partial charge in [-0.2, -0.15) is 0 Å². The maximum Gasteiger partial charge on any atom is 0.213 e. The molecule has 1 saturated heterocycles. The van der Waals surface area contributed by atoms with Crippen LogP contribution in [-0.4, -0.2) is 28.8 Å². The summed E-state index contributed by atoms with van der Waals surface area (Å²) in [6.45, 7) is 7.49. The number of anilines is 1. The number of pyridine rings is 2. The van der Waals surface area contributed by atoms with Crippen LogP contribution in [0.2, 0.25) is 0 Å². The number of carbonyl (C=O) groups is 1. The minimum atomic E-state index is -0.0998. The normalized spacial score (nSPS) is 16.4. The van der Waals surface area contributed by atoms with Crippen LogP contribution in [0.3, 0.4) is 0 Å². The second kappa shape index (κ2) is 8.39. The molecule has 2 aromatic heterocycles. The summed E-state index contributed by atoms with van der Waals surface area (Å²) in [6.07, 6.45) is 5.72. The zero-order chi connectivity index (χ0) is 20.2. The molecule has 4 nitrogen and oxygen atoms in total. The Labute approximate surface area is 171 Å². The second-order valence-electron chi connectivity index (χ2n) is 7.51. The standard InChI is InChI=1S/C25H25N3O/c1-3-19-15-22(18(2)26-16-19)25(29)23-12-7-13-24(27-23)28-14-8-11-21(17-28)20-9-5-4-6-10-20/h3-7,9-10,12-13,15-16,21H,1,8,11,14,17H2,2H3. The Hall–Kier alpha value is -3.27. The third-order valence-electron chi connectivity index (χ3n) is 5.57. The van der Waals surface area contributed by atoms with Gasteiger partial charge < -0.3 is 4.90 Å². The van der Waals surface area contributed by atoms with Crippen molar-refractivity contribution in [2.75, 3.05) is 18.0 Å². The number of piperidine rings is 1. The van der Waals surface area contributed by atoms with Gasteiger partial charge in [-0.1, -0.05) is 49.1 Å². The van der Waals surface area contributed by atoms with Crippen molar-refractivity contribution < 1.29 is 4.79 Å². The van der Waals surface area contributed by atoms with Crippen LogP contribution in [0.15, 0.2) is 67.4 Å². The molecule has 4 rings (SSSR count). The van der Waals surface area contributed by atoms with E-state index < -0.39 is 0 Å². The molecule has 1 unspecified atom stereocenters. The largest absolute Gasteiger partial charge is 0.356 e. The Morgan fingerprint density at radius 1 is 1.17 bits per heavy atom. The summed E-state index contributed by atoms with van der Waals surface area (Å²) in [5, 5.41) is 0. The van der Waals surface area contributed by atoms with E-state index in [2.05, 4.69) is 46.8 Å². The number of nitrogens with zero attached hydrogens (tertiary/aromatic N) is 3. The molecule has 3 heterocycles. The molecule has 0 radical (unpaired) electrons. The molecule has 0 bridgehead atoms. The van der Waals surface area contributed by atoms with Gasteiger partial charge in [-0.3, -0.25) is 9.78 Å². The topological polar surface area (TPSA) is 46.1 Å². The highest BCUT2D eigenvalue weighted by molar-refractivity contribution is 6.08. The van der Waals surface area contributed by atoms with Gasteiger partial charge in [0.25, 0.3) is 0 Å². The van der Waals surface area contributed by atoms with Crippen LogP contribution in [0.1, 0.15) is 51.6 Å². The van der Waals surface area contributed by atoms with Crippen molar-refractivity contribution in [2.45, 2.75) is 25.7 Å². The van der Waals surface area contributed by atoms with E-state index in [1.807, 2.05) is 25.1 Å². The Bertz CT molecular complexity index is 1030. The summed E-state index contributed by atoms with van der Waals surface area (Å²) >= 11 is 0. The van der Waals surface area contributed by atoms with E-state index >= 15 is 0 Å². The first-order chi connectivity index (χ1) is 14.2. The molecule has 0 amide bonds. The maximum absolute atomic E-state index is 13.1. The zero-order valence-electron chi connectivity index (χ0n) is 16.7. The van der Waals surface area contributed by atoms with Crippen molar-refractivity contribution in [1.82, 2.24) is 9.97 Å². The zero-order valence-corrected chi connectivity index (χ0v) is 16.7. The Morgan fingerprint density at radius 3 is 2.79 bits per heavy atom. The number of aromatic nitrogens is 2. The number of hydrogen-bond acceptors (Lipinski definition) is 4. The molecule has 0 saturated carbocycles. The van der Waals surface area contributed by atoms with Crippen molar-refractivity contribution >= 4 is 17.7 Å². The molecule has 0 spiro atoms. The smallest absolute Gasteiger partial charge is 0.213 e. The van der Waals surface area contributed by atoms with Gasteiger partial charge >= 0.3 is 0 Å². The van der Waals surface area contributed by atoms with Crippen molar-refractivity contribution in [3.05, 3.63) is 95.5 Å². The van der Waals surface area contributed by atoms with Gasteiger partial charge in [0.1, 0.15) is 11.5 Å².